The van der Waals surface area contributed by atoms with Gasteiger partial charge in [0.25, 0.3) is 0 Å². The van der Waals surface area contributed by atoms with Gasteiger partial charge in [-0.2, -0.15) is 27.9 Å². The third-order valence-electron chi connectivity index (χ3n) is 3.30. The number of halogens is 5. The Balaban J connectivity index is 2.27. The minimum atomic E-state index is -4.61. The summed E-state index contributed by atoms with van der Waals surface area (Å²) in [5, 5.41) is 7.27. The number of benzene rings is 1. The van der Waals surface area contributed by atoms with Gasteiger partial charge in [0.2, 0.25) is 18.1 Å². The van der Waals surface area contributed by atoms with Gasteiger partial charge < -0.3 is 9.26 Å². The van der Waals surface area contributed by atoms with E-state index >= 15 is 0 Å². The number of hydrogen-bond acceptors (Lipinski definition) is 6. The van der Waals surface area contributed by atoms with Crippen molar-refractivity contribution in [1.29, 1.82) is 0 Å². The van der Waals surface area contributed by atoms with E-state index in [4.69, 9.17) is 27.9 Å². The highest BCUT2D eigenvalue weighted by Gasteiger charge is 2.33. The van der Waals surface area contributed by atoms with Crippen molar-refractivity contribution in [2.24, 2.45) is 4.99 Å². The highest BCUT2D eigenvalue weighted by molar-refractivity contribution is 6.38. The number of aliphatic imine (C=N–C) groups is 1. The maximum atomic E-state index is 12.9. The normalized spacial score (nSPS) is 11.6. The van der Waals surface area contributed by atoms with E-state index in [2.05, 4.69) is 31.5 Å². The second-order valence-electron chi connectivity index (χ2n) is 4.82. The van der Waals surface area contributed by atoms with Crippen LogP contribution in [0.2, 0.25) is 10.0 Å². The van der Waals surface area contributed by atoms with Gasteiger partial charge in [-0.3, -0.25) is 4.99 Å². The first-order valence-electron chi connectivity index (χ1n) is 6.75. The maximum Gasteiger partial charge on any atom is 0.416 e. The lowest BCUT2D eigenvalue weighted by Crippen LogP contribution is -2.08. The molecule has 0 amide bonds. The van der Waals surface area contributed by atoms with Gasteiger partial charge in [0.1, 0.15) is 5.69 Å². The summed E-state index contributed by atoms with van der Waals surface area (Å²) in [5.74, 6) is 0.104. The van der Waals surface area contributed by atoms with E-state index in [9.17, 15) is 13.2 Å². The van der Waals surface area contributed by atoms with E-state index in [0.717, 1.165) is 23.2 Å². The fraction of sp³-hybridized carbons (Fsp3) is 0.143. The van der Waals surface area contributed by atoms with Gasteiger partial charge in [0, 0.05) is 0 Å². The number of hydrogen-bond donors (Lipinski definition) is 0. The Labute approximate surface area is 154 Å². The zero-order valence-corrected chi connectivity index (χ0v) is 14.4. The Morgan fingerprint density at radius 2 is 1.92 bits per heavy atom. The summed E-state index contributed by atoms with van der Waals surface area (Å²) in [4.78, 5) is 7.67. The van der Waals surface area contributed by atoms with Gasteiger partial charge in [-0.05, 0) is 18.9 Å². The predicted octanol–water partition coefficient (Wildman–Crippen LogP) is 4.59. The van der Waals surface area contributed by atoms with Crippen LogP contribution in [-0.4, -0.2) is 33.7 Å². The number of nitrogens with zero attached hydrogens (tertiary/aromatic N) is 5. The van der Waals surface area contributed by atoms with Crippen molar-refractivity contribution in [2.75, 3.05) is 7.11 Å². The third-order valence-corrected chi connectivity index (χ3v) is 3.88. The average molecular weight is 406 g/mol. The molecule has 0 saturated heterocycles. The molecule has 0 aliphatic heterocycles. The van der Waals surface area contributed by atoms with E-state index in [0.29, 0.717) is 0 Å². The van der Waals surface area contributed by atoms with Gasteiger partial charge in [-0.1, -0.05) is 28.4 Å². The summed E-state index contributed by atoms with van der Waals surface area (Å²) in [6.45, 7) is 3.42. The van der Waals surface area contributed by atoms with E-state index in [1.807, 2.05) is 0 Å². The molecule has 0 atom stereocenters. The van der Waals surface area contributed by atoms with Crippen LogP contribution < -0.4 is 4.74 Å². The Bertz CT molecular complexity index is 947. The summed E-state index contributed by atoms with van der Waals surface area (Å²) in [7, 11) is 1.31. The summed E-state index contributed by atoms with van der Waals surface area (Å²) < 4.78 is 49.8. The van der Waals surface area contributed by atoms with E-state index in [1.54, 1.807) is 0 Å². The topological polar surface area (TPSA) is 78.3 Å². The molecule has 0 fully saturated rings. The molecule has 0 radical (unpaired) electrons. The molecule has 0 unspecified atom stereocenters. The Kier molecular flexibility index (Phi) is 4.63. The van der Waals surface area contributed by atoms with Crippen molar-refractivity contribution >= 4 is 35.6 Å². The first-order chi connectivity index (χ1) is 12.3. The van der Waals surface area contributed by atoms with Crippen molar-refractivity contribution < 1.29 is 22.4 Å². The lowest BCUT2D eigenvalue weighted by molar-refractivity contribution is -0.137. The van der Waals surface area contributed by atoms with Crippen LogP contribution in [0.25, 0.3) is 17.2 Å². The minimum absolute atomic E-state index is 0.0298. The standard InChI is InChI=1S/C14H8Cl2F3N5O2/c1-20-10-9(12-21-5-26-23-12)22-24(13(10)25-2)11-7(15)3-6(4-8(11)16)14(17,18)19/h3-5H,1H2,2H3. The molecule has 0 bridgehead atoms. The highest BCUT2D eigenvalue weighted by atomic mass is 35.5. The minimum Gasteiger partial charge on any atom is -0.479 e. The summed E-state index contributed by atoms with van der Waals surface area (Å²) in [6, 6.07) is 1.47. The summed E-state index contributed by atoms with van der Waals surface area (Å²) >= 11 is 12.1. The molecule has 0 aliphatic rings. The molecule has 12 heteroatoms. The summed E-state index contributed by atoms with van der Waals surface area (Å²) in [5.41, 5.74) is -0.765. The Hall–Kier alpha value is -2.59. The smallest absolute Gasteiger partial charge is 0.416 e. The Morgan fingerprint density at radius 3 is 2.38 bits per heavy atom. The molecular weight excluding hydrogens is 398 g/mol. The number of alkyl halides is 3. The van der Waals surface area contributed by atoms with Crippen LogP contribution in [0.1, 0.15) is 5.56 Å². The van der Waals surface area contributed by atoms with Gasteiger partial charge >= 0.3 is 6.18 Å². The van der Waals surface area contributed by atoms with Crippen LogP contribution >= 0.6 is 23.2 Å². The van der Waals surface area contributed by atoms with Crippen LogP contribution in [0.5, 0.6) is 5.88 Å². The van der Waals surface area contributed by atoms with Gasteiger partial charge in [-0.25, -0.2) is 0 Å². The fourth-order valence-electron chi connectivity index (χ4n) is 2.23. The Morgan fingerprint density at radius 1 is 1.27 bits per heavy atom. The molecule has 2 aromatic heterocycles. The molecular formula is C14H8Cl2F3N5O2. The van der Waals surface area contributed by atoms with Crippen LogP contribution in [0, 0.1) is 0 Å². The zero-order valence-electron chi connectivity index (χ0n) is 12.9. The van der Waals surface area contributed by atoms with Crippen molar-refractivity contribution in [1.82, 2.24) is 19.9 Å². The second kappa shape index (κ2) is 6.61. The van der Waals surface area contributed by atoms with Crippen LogP contribution in [0.4, 0.5) is 18.9 Å². The molecule has 0 saturated carbocycles. The molecule has 26 heavy (non-hydrogen) atoms. The molecule has 136 valence electrons. The quantitative estimate of drug-likeness (QED) is 0.593. The lowest BCUT2D eigenvalue weighted by Gasteiger charge is -2.13. The first-order valence-corrected chi connectivity index (χ1v) is 7.50. The lowest BCUT2D eigenvalue weighted by atomic mass is 10.2. The average Bonchev–Trinajstić information content (AvgIpc) is 3.20. The van der Waals surface area contributed by atoms with Gasteiger partial charge in [-0.15, -0.1) is 0 Å². The molecule has 2 heterocycles. The molecule has 0 spiro atoms. The number of methoxy groups -OCH3 is 1. The molecule has 0 N–H and O–H groups in total. The maximum absolute atomic E-state index is 12.9. The van der Waals surface area contributed by atoms with Gasteiger partial charge in [0.05, 0.1) is 22.7 Å². The fourth-order valence-corrected chi connectivity index (χ4v) is 2.88. The van der Waals surface area contributed by atoms with Crippen LogP contribution in [0.15, 0.2) is 28.0 Å². The molecule has 3 aromatic rings. The number of ether oxygens (including phenoxy) is 1. The van der Waals surface area contributed by atoms with Crippen molar-refractivity contribution in [3.63, 3.8) is 0 Å². The van der Waals surface area contributed by atoms with Crippen molar-refractivity contribution in [2.45, 2.75) is 6.18 Å². The predicted molar refractivity (Wildman–Crippen MR) is 87.6 cm³/mol. The SMILES string of the molecule is C=Nc1c(-c2ncon2)nn(-c2c(Cl)cc(C(F)(F)F)cc2Cl)c1OC. The van der Waals surface area contributed by atoms with Crippen molar-refractivity contribution in [3.8, 4) is 23.1 Å². The largest absolute Gasteiger partial charge is 0.479 e. The number of rotatable bonds is 4. The molecule has 1 aromatic carbocycles. The van der Waals surface area contributed by atoms with Crippen molar-refractivity contribution in [3.05, 3.63) is 34.1 Å². The number of aromatic nitrogens is 4. The van der Waals surface area contributed by atoms with Crippen LogP contribution in [0.3, 0.4) is 0 Å². The van der Waals surface area contributed by atoms with E-state index in [-0.39, 0.29) is 38.8 Å². The third kappa shape index (κ3) is 3.01. The summed E-state index contributed by atoms with van der Waals surface area (Å²) in [6.07, 6.45) is -3.53. The zero-order chi connectivity index (χ0) is 19.1. The highest BCUT2D eigenvalue weighted by Crippen LogP contribution is 2.43. The monoisotopic (exact) mass is 405 g/mol. The first kappa shape index (κ1) is 18.2. The van der Waals surface area contributed by atoms with E-state index < -0.39 is 11.7 Å². The molecule has 7 nitrogen and oxygen atoms in total. The second-order valence-corrected chi connectivity index (χ2v) is 5.63. The van der Waals surface area contributed by atoms with Crippen LogP contribution in [-0.2, 0) is 6.18 Å². The van der Waals surface area contributed by atoms with Gasteiger partial charge in [0.15, 0.2) is 11.4 Å². The molecule has 0 aliphatic carbocycles. The molecule has 3 rings (SSSR count). The van der Waals surface area contributed by atoms with E-state index in [1.165, 1.54) is 7.11 Å².